The second-order valence-corrected chi connectivity index (χ2v) is 8.34. The molecule has 0 fully saturated rings. The number of aromatic nitrogens is 1. The largest absolute Gasteiger partial charge is 0.270 e. The Morgan fingerprint density at radius 3 is 2.70 bits per heavy atom. The van der Waals surface area contributed by atoms with Crippen LogP contribution in [-0.2, 0) is 10.0 Å². The molecule has 138 valence electrons. The van der Waals surface area contributed by atoms with Crippen LogP contribution in [0.25, 0.3) is 10.9 Å². The summed E-state index contributed by atoms with van der Waals surface area (Å²) in [4.78, 5) is 18.5. The molecule has 0 aliphatic heterocycles. The molecule has 0 atom stereocenters. The summed E-state index contributed by atoms with van der Waals surface area (Å²) >= 11 is 1.37. The molecule has 0 saturated carbocycles. The lowest BCUT2D eigenvalue weighted by Crippen LogP contribution is -2.15. The third-order valence-corrected chi connectivity index (χ3v) is 5.02. The van der Waals surface area contributed by atoms with Gasteiger partial charge in [0, 0.05) is 39.1 Å². The number of pyridine rings is 1. The van der Waals surface area contributed by atoms with Crippen molar-refractivity contribution in [2.24, 2.45) is 5.10 Å². The van der Waals surface area contributed by atoms with Crippen molar-refractivity contribution in [3.63, 3.8) is 0 Å². The zero-order chi connectivity index (χ0) is 19.4. The highest BCUT2D eigenvalue weighted by Crippen LogP contribution is 2.35. The Hall–Kier alpha value is -2.98. The third-order valence-electron chi connectivity index (χ3n) is 3.44. The number of sulfonamides is 1. The van der Waals surface area contributed by atoms with Crippen LogP contribution in [0.3, 0.4) is 0 Å². The monoisotopic (exact) mass is 402 g/mol. The van der Waals surface area contributed by atoms with Gasteiger partial charge in [-0.3, -0.25) is 15.1 Å². The Kier molecular flexibility index (Phi) is 5.38. The number of non-ortho nitro benzene ring substituents is 1. The molecule has 1 heterocycles. The van der Waals surface area contributed by atoms with E-state index >= 15 is 0 Å². The summed E-state index contributed by atoms with van der Waals surface area (Å²) in [6, 6.07) is 13.9. The lowest BCUT2D eigenvalue weighted by Gasteiger charge is -2.08. The average molecular weight is 402 g/mol. The summed E-state index contributed by atoms with van der Waals surface area (Å²) < 4.78 is 22.3. The molecule has 3 rings (SSSR count). The molecule has 10 heteroatoms. The van der Waals surface area contributed by atoms with Crippen molar-refractivity contribution in [2.45, 2.75) is 9.79 Å². The summed E-state index contributed by atoms with van der Waals surface area (Å²) in [5.74, 6) is 0. The van der Waals surface area contributed by atoms with Crippen LogP contribution in [0.1, 0.15) is 5.56 Å². The standard InChI is InChI=1S/C17H14N4O4S2/c1-27(24,25)20-19-11-13-10-14(21(22)23)7-8-15(13)26-16-6-2-4-12-5-3-9-18-17(12)16/h2-11,20H,1H3/b19-11-. The van der Waals surface area contributed by atoms with Gasteiger partial charge in [-0.1, -0.05) is 30.0 Å². The van der Waals surface area contributed by atoms with Crippen LogP contribution < -0.4 is 4.83 Å². The number of nitro benzene ring substituents is 1. The smallest absolute Gasteiger partial charge is 0.258 e. The average Bonchev–Trinajstić information content (AvgIpc) is 2.62. The van der Waals surface area contributed by atoms with Crippen LogP contribution in [-0.4, -0.2) is 30.8 Å². The first kappa shape index (κ1) is 18.8. The maximum Gasteiger partial charge on any atom is 0.270 e. The molecule has 0 amide bonds. The molecule has 0 bridgehead atoms. The fourth-order valence-corrected chi connectivity index (χ4v) is 3.57. The van der Waals surface area contributed by atoms with E-state index in [9.17, 15) is 18.5 Å². The van der Waals surface area contributed by atoms with Gasteiger partial charge in [0.15, 0.2) is 0 Å². The molecular formula is C17H14N4O4S2. The van der Waals surface area contributed by atoms with Gasteiger partial charge in [-0.25, -0.2) is 13.2 Å². The van der Waals surface area contributed by atoms with Crippen molar-refractivity contribution in [3.05, 3.63) is 70.4 Å². The molecular weight excluding hydrogens is 388 g/mol. The van der Waals surface area contributed by atoms with E-state index in [1.807, 2.05) is 35.2 Å². The minimum Gasteiger partial charge on any atom is -0.258 e. The molecule has 0 aliphatic rings. The van der Waals surface area contributed by atoms with E-state index in [-0.39, 0.29) is 5.69 Å². The summed E-state index contributed by atoms with van der Waals surface area (Å²) in [5, 5.41) is 15.7. The minimum absolute atomic E-state index is 0.115. The van der Waals surface area contributed by atoms with Crippen LogP contribution in [0.5, 0.6) is 0 Å². The SMILES string of the molecule is CS(=O)(=O)N/N=C\c1cc([N+](=O)[O-])ccc1Sc1cccc2cccnc12. The number of hydrogen-bond donors (Lipinski definition) is 1. The number of nitrogens with one attached hydrogen (secondary N) is 1. The van der Waals surface area contributed by atoms with Crippen molar-refractivity contribution in [3.8, 4) is 0 Å². The van der Waals surface area contributed by atoms with Crippen LogP contribution in [0.15, 0.2) is 69.6 Å². The van der Waals surface area contributed by atoms with Gasteiger partial charge in [0.2, 0.25) is 10.0 Å². The van der Waals surface area contributed by atoms with Gasteiger partial charge in [-0.05, 0) is 18.2 Å². The second-order valence-electron chi connectivity index (χ2n) is 5.53. The van der Waals surface area contributed by atoms with Gasteiger partial charge in [0.05, 0.1) is 22.9 Å². The Morgan fingerprint density at radius 2 is 1.96 bits per heavy atom. The molecule has 0 spiro atoms. The number of hydrogen-bond acceptors (Lipinski definition) is 7. The number of benzene rings is 2. The first-order chi connectivity index (χ1) is 12.8. The van der Waals surface area contributed by atoms with Gasteiger partial charge in [0.25, 0.3) is 5.69 Å². The highest BCUT2D eigenvalue weighted by molar-refractivity contribution is 7.99. The van der Waals surface area contributed by atoms with E-state index in [4.69, 9.17) is 0 Å². The summed E-state index contributed by atoms with van der Waals surface area (Å²) in [6.07, 6.45) is 3.91. The van der Waals surface area contributed by atoms with Crippen LogP contribution in [0, 0.1) is 10.1 Å². The van der Waals surface area contributed by atoms with E-state index in [1.54, 1.807) is 12.3 Å². The molecule has 0 aliphatic carbocycles. The summed E-state index contributed by atoms with van der Waals surface area (Å²) in [6.45, 7) is 0. The topological polar surface area (TPSA) is 115 Å². The lowest BCUT2D eigenvalue weighted by atomic mass is 10.2. The van der Waals surface area contributed by atoms with Gasteiger partial charge in [-0.15, -0.1) is 0 Å². The molecule has 2 aromatic carbocycles. The Bertz CT molecular complexity index is 1140. The molecule has 8 nitrogen and oxygen atoms in total. The first-order valence-corrected chi connectivity index (χ1v) is 10.3. The van der Waals surface area contributed by atoms with Crippen molar-refractivity contribution in [1.82, 2.24) is 9.82 Å². The molecule has 1 N–H and O–H groups in total. The van der Waals surface area contributed by atoms with Gasteiger partial charge in [0.1, 0.15) is 0 Å². The molecule has 27 heavy (non-hydrogen) atoms. The Labute approximate surface area is 159 Å². The van der Waals surface area contributed by atoms with E-state index in [0.29, 0.717) is 10.5 Å². The van der Waals surface area contributed by atoms with E-state index in [0.717, 1.165) is 22.1 Å². The fourth-order valence-electron chi connectivity index (χ4n) is 2.31. The van der Waals surface area contributed by atoms with Crippen molar-refractivity contribution < 1.29 is 13.3 Å². The van der Waals surface area contributed by atoms with E-state index in [2.05, 4.69) is 10.1 Å². The van der Waals surface area contributed by atoms with Crippen molar-refractivity contribution in [2.75, 3.05) is 6.26 Å². The number of para-hydroxylation sites is 1. The number of hydrazone groups is 1. The third kappa shape index (κ3) is 4.80. The van der Waals surface area contributed by atoms with Gasteiger partial charge in [-0.2, -0.15) is 5.10 Å². The number of rotatable bonds is 6. The molecule has 0 unspecified atom stereocenters. The van der Waals surface area contributed by atoms with Gasteiger partial charge >= 0.3 is 0 Å². The maximum absolute atomic E-state index is 11.2. The molecule has 3 aromatic rings. The quantitative estimate of drug-likeness (QED) is 0.385. The first-order valence-electron chi connectivity index (χ1n) is 7.63. The van der Waals surface area contributed by atoms with E-state index < -0.39 is 14.9 Å². The fraction of sp³-hybridized carbons (Fsp3) is 0.0588. The van der Waals surface area contributed by atoms with E-state index in [1.165, 1.54) is 30.1 Å². The lowest BCUT2D eigenvalue weighted by molar-refractivity contribution is -0.384. The highest BCUT2D eigenvalue weighted by atomic mass is 32.2. The second kappa shape index (κ2) is 7.72. The van der Waals surface area contributed by atoms with Crippen molar-refractivity contribution >= 4 is 44.6 Å². The summed E-state index contributed by atoms with van der Waals surface area (Å²) in [5.41, 5.74) is 1.11. The molecule has 1 aromatic heterocycles. The summed E-state index contributed by atoms with van der Waals surface area (Å²) in [7, 11) is -3.52. The van der Waals surface area contributed by atoms with Crippen LogP contribution in [0.4, 0.5) is 5.69 Å². The Balaban J connectivity index is 2.02. The number of nitrogens with zero attached hydrogens (tertiary/aromatic N) is 3. The number of nitro groups is 1. The number of fused-ring (bicyclic) bond motifs is 1. The molecule has 0 saturated heterocycles. The Morgan fingerprint density at radius 1 is 1.19 bits per heavy atom. The zero-order valence-corrected chi connectivity index (χ0v) is 15.7. The van der Waals surface area contributed by atoms with Crippen LogP contribution in [0.2, 0.25) is 0 Å². The van der Waals surface area contributed by atoms with Crippen LogP contribution >= 0.6 is 11.8 Å². The minimum atomic E-state index is -3.52. The normalized spacial score (nSPS) is 11.7. The van der Waals surface area contributed by atoms with Gasteiger partial charge < -0.3 is 0 Å². The predicted octanol–water partition coefficient (Wildman–Crippen LogP) is 3.18. The highest BCUT2D eigenvalue weighted by Gasteiger charge is 2.12. The predicted molar refractivity (Wildman–Crippen MR) is 105 cm³/mol. The molecule has 0 radical (unpaired) electrons. The zero-order valence-electron chi connectivity index (χ0n) is 14.1. The van der Waals surface area contributed by atoms with Crippen molar-refractivity contribution in [1.29, 1.82) is 0 Å². The maximum atomic E-state index is 11.2.